The number of hydrogen-bond acceptors (Lipinski definition) is 7. The third-order valence-electron chi connectivity index (χ3n) is 7.46. The van der Waals surface area contributed by atoms with E-state index in [9.17, 15) is 14.7 Å². The van der Waals surface area contributed by atoms with Crippen LogP contribution in [-0.4, -0.2) is 67.0 Å². The third kappa shape index (κ3) is 6.69. The lowest BCUT2D eigenvalue weighted by atomic mass is 9.85. The van der Waals surface area contributed by atoms with Crippen LogP contribution in [0.15, 0.2) is 35.9 Å². The number of carbonyl (C=O) groups is 2. The molecule has 5 atom stereocenters. The molecule has 4 rings (SSSR count). The van der Waals surface area contributed by atoms with E-state index in [1.165, 1.54) is 0 Å². The number of benzene rings is 1. The van der Waals surface area contributed by atoms with Crippen LogP contribution in [0.25, 0.3) is 0 Å². The molecule has 38 heavy (non-hydrogen) atoms. The molecule has 4 unspecified atom stereocenters. The minimum atomic E-state index is -1.40. The van der Waals surface area contributed by atoms with Crippen LogP contribution in [0.1, 0.15) is 52.0 Å². The molecule has 0 aromatic heterocycles. The lowest BCUT2D eigenvalue weighted by Gasteiger charge is -2.38. The average Bonchev–Trinajstić information content (AvgIpc) is 3.56. The molecule has 3 aliphatic rings. The molecule has 2 fully saturated rings. The predicted molar refractivity (Wildman–Crippen MR) is 145 cm³/mol. The summed E-state index contributed by atoms with van der Waals surface area (Å²) >= 11 is 6.59. The van der Waals surface area contributed by atoms with Gasteiger partial charge in [-0.15, -0.1) is 0 Å². The van der Waals surface area contributed by atoms with E-state index in [1.54, 1.807) is 19.1 Å². The van der Waals surface area contributed by atoms with Gasteiger partial charge in [-0.2, -0.15) is 0 Å². The minimum Gasteiger partial charge on any atom is -0.495 e. The van der Waals surface area contributed by atoms with Crippen molar-refractivity contribution in [1.29, 1.82) is 0 Å². The molecular weight excluding hydrogens is 512 g/mol. The number of ether oxygens (including phenoxy) is 3. The maximum atomic E-state index is 13.2. The number of rotatable bonds is 1. The van der Waals surface area contributed by atoms with Gasteiger partial charge >= 0.3 is 6.09 Å². The Labute approximate surface area is 229 Å². The fourth-order valence-electron chi connectivity index (χ4n) is 5.19. The molecule has 3 N–H and O–H groups in total. The quantitative estimate of drug-likeness (QED) is 0.449. The van der Waals surface area contributed by atoms with Crippen molar-refractivity contribution >= 4 is 29.3 Å². The van der Waals surface area contributed by atoms with Crippen LogP contribution in [0, 0.1) is 5.92 Å². The molecule has 0 spiro atoms. The van der Waals surface area contributed by atoms with Crippen LogP contribution in [0.2, 0.25) is 5.02 Å². The van der Waals surface area contributed by atoms with Gasteiger partial charge in [-0.25, -0.2) is 4.79 Å². The van der Waals surface area contributed by atoms with E-state index < -0.39 is 23.5 Å². The molecule has 0 aliphatic carbocycles. The summed E-state index contributed by atoms with van der Waals surface area (Å²) in [5.74, 6) is 0.272. The second kappa shape index (κ2) is 12.1. The summed E-state index contributed by atoms with van der Waals surface area (Å²) in [6, 6.07) is 3.79. The Morgan fingerprint density at radius 2 is 1.97 bits per heavy atom. The van der Waals surface area contributed by atoms with Crippen molar-refractivity contribution in [1.82, 2.24) is 5.32 Å². The highest BCUT2D eigenvalue weighted by Gasteiger charge is 2.58. The number of amides is 2. The maximum absolute atomic E-state index is 13.2. The largest absolute Gasteiger partial charge is 0.495 e. The Kier molecular flexibility index (Phi) is 9.52. The van der Waals surface area contributed by atoms with E-state index in [-0.39, 0.29) is 37.2 Å². The highest BCUT2D eigenvalue weighted by Crippen LogP contribution is 2.47. The van der Waals surface area contributed by atoms with Crippen molar-refractivity contribution < 1.29 is 34.0 Å². The van der Waals surface area contributed by atoms with Gasteiger partial charge in [0.1, 0.15) is 22.6 Å². The Morgan fingerprint density at radius 3 is 2.66 bits per heavy atom. The van der Waals surface area contributed by atoms with Crippen molar-refractivity contribution in [2.75, 3.05) is 26.2 Å². The first-order valence-electron chi connectivity index (χ1n) is 12.7. The summed E-state index contributed by atoms with van der Waals surface area (Å²) in [4.78, 5) is 27.0. The number of nitrogens with zero attached hydrogens (tertiary/aromatic N) is 1. The van der Waals surface area contributed by atoms with E-state index in [4.69, 9.17) is 30.9 Å². The molecule has 10 heteroatoms. The van der Waals surface area contributed by atoms with E-state index in [0.29, 0.717) is 29.3 Å². The van der Waals surface area contributed by atoms with Gasteiger partial charge in [0.05, 0.1) is 24.5 Å². The van der Waals surface area contributed by atoms with Crippen molar-refractivity contribution in [3.05, 3.63) is 46.5 Å². The number of aliphatic hydroxyl groups excluding tert-OH is 1. The first-order valence-corrected chi connectivity index (χ1v) is 13.1. The number of halogens is 1. The average molecular weight is 551 g/mol. The standard InChI is InChI=1S/C27H35ClN2O6.CH4O/c1-16-8-6-7-10-27(33)15-21(35-25(32)29-27)17(2)24-26(3,36-24)11-9-22(31)30(4)19-13-18(12-16)14-20(34-5)23(19)28;1-2/h6-8,13-14,17,21,24,33H,9-12,15H2,1-5H3,(H,29,32);2H,1H3/b7-6+,16-8+;/t17?,21?,24?,26?,27-;/m1./s1. The predicted octanol–water partition coefficient (Wildman–Crippen LogP) is 4.13. The van der Waals surface area contributed by atoms with Crippen LogP contribution in [0.5, 0.6) is 5.75 Å². The van der Waals surface area contributed by atoms with Gasteiger partial charge in [0.15, 0.2) is 0 Å². The van der Waals surface area contributed by atoms with Crippen LogP contribution < -0.4 is 15.0 Å². The summed E-state index contributed by atoms with van der Waals surface area (Å²) in [7, 11) is 4.27. The van der Waals surface area contributed by atoms with Crippen LogP contribution in [0.3, 0.4) is 0 Å². The zero-order valence-corrected chi connectivity index (χ0v) is 23.7. The number of methoxy groups -OCH3 is 1. The van der Waals surface area contributed by atoms with Crippen molar-refractivity contribution in [3.8, 4) is 5.75 Å². The Bertz CT molecular complexity index is 1110. The number of anilines is 1. The second-order valence-electron chi connectivity index (χ2n) is 10.4. The third-order valence-corrected chi connectivity index (χ3v) is 7.84. The molecule has 9 nitrogen and oxygen atoms in total. The van der Waals surface area contributed by atoms with Crippen molar-refractivity contribution in [2.24, 2.45) is 5.92 Å². The van der Waals surface area contributed by atoms with Crippen LogP contribution in [-0.2, 0) is 20.7 Å². The number of alkyl carbamates (subject to hydrolysis) is 1. The number of allylic oxidation sites excluding steroid dienone is 3. The van der Waals surface area contributed by atoms with Crippen molar-refractivity contribution in [2.45, 2.75) is 76.4 Å². The summed E-state index contributed by atoms with van der Waals surface area (Å²) in [5.41, 5.74) is 0.692. The molecule has 4 bridgehead atoms. The van der Waals surface area contributed by atoms with Crippen LogP contribution in [0.4, 0.5) is 10.5 Å². The smallest absolute Gasteiger partial charge is 0.409 e. The van der Waals surface area contributed by atoms with Gasteiger partial charge in [0.25, 0.3) is 0 Å². The van der Waals surface area contributed by atoms with Gasteiger partial charge < -0.3 is 29.3 Å². The lowest BCUT2D eigenvalue weighted by Crippen LogP contribution is -2.57. The fourth-order valence-corrected chi connectivity index (χ4v) is 5.51. The molecule has 2 saturated heterocycles. The molecule has 210 valence electrons. The minimum absolute atomic E-state index is 0.0879. The number of fused-ring (bicyclic) bond motifs is 5. The fraction of sp³-hybridized carbons (Fsp3) is 0.571. The van der Waals surface area contributed by atoms with E-state index in [2.05, 4.69) is 5.32 Å². The Balaban J connectivity index is 0.00000195. The number of hydrogen-bond donors (Lipinski definition) is 3. The molecule has 1 aromatic rings. The van der Waals surface area contributed by atoms with Gasteiger partial charge in [0, 0.05) is 39.3 Å². The number of epoxide rings is 1. The highest BCUT2D eigenvalue weighted by molar-refractivity contribution is 6.35. The van der Waals surface area contributed by atoms with Gasteiger partial charge in [-0.3, -0.25) is 10.1 Å². The summed E-state index contributed by atoms with van der Waals surface area (Å²) in [6.45, 7) is 5.92. The van der Waals surface area contributed by atoms with Gasteiger partial charge in [-0.05, 0) is 44.4 Å². The first kappa shape index (κ1) is 30.0. The zero-order valence-electron chi connectivity index (χ0n) is 22.9. The summed E-state index contributed by atoms with van der Waals surface area (Å²) in [6.07, 6.45) is 6.20. The van der Waals surface area contributed by atoms with Gasteiger partial charge in [-0.1, -0.05) is 42.3 Å². The molecule has 0 radical (unpaired) electrons. The van der Waals surface area contributed by atoms with Gasteiger partial charge in [0.2, 0.25) is 5.91 Å². The molecule has 3 heterocycles. The van der Waals surface area contributed by atoms with Crippen molar-refractivity contribution in [3.63, 3.8) is 0 Å². The number of nitrogens with one attached hydrogen (secondary N) is 1. The molecule has 3 aliphatic heterocycles. The molecule has 0 saturated carbocycles. The summed E-state index contributed by atoms with van der Waals surface area (Å²) in [5, 5.41) is 21.0. The molecule has 2 amide bonds. The Morgan fingerprint density at radius 1 is 1.26 bits per heavy atom. The number of aliphatic hydroxyl groups is 2. The zero-order chi connectivity index (χ0) is 28.3. The maximum Gasteiger partial charge on any atom is 0.409 e. The number of carbonyl (C=O) groups excluding carboxylic acids is 2. The normalized spacial score (nSPS) is 33.9. The Hall–Kier alpha value is -2.59. The van der Waals surface area contributed by atoms with Crippen LogP contribution >= 0.6 is 11.6 Å². The SMILES string of the molecule is CO.COc1cc2cc(c1Cl)N(C)C(=O)CCC1(C)OC1C(C)C1C[C@](O)(C/C=C/C=C(\C)C2)NC(=O)O1. The van der Waals surface area contributed by atoms with E-state index >= 15 is 0 Å². The highest BCUT2D eigenvalue weighted by atomic mass is 35.5. The summed E-state index contributed by atoms with van der Waals surface area (Å²) < 4.78 is 17.0. The van der Waals surface area contributed by atoms with E-state index in [0.717, 1.165) is 18.2 Å². The molecular formula is C28H39ClN2O7. The molecule has 1 aromatic carbocycles. The van der Waals surface area contributed by atoms with E-state index in [1.807, 2.05) is 51.1 Å². The topological polar surface area (TPSA) is 121 Å². The first-order chi connectivity index (χ1) is 17.9. The monoisotopic (exact) mass is 550 g/mol. The lowest BCUT2D eigenvalue weighted by molar-refractivity contribution is -0.118. The second-order valence-corrected chi connectivity index (χ2v) is 10.8.